The fourth-order valence-corrected chi connectivity index (χ4v) is 3.39. The van der Waals surface area contributed by atoms with Crippen LogP contribution in [0.4, 0.5) is 14.7 Å². The zero-order valence-corrected chi connectivity index (χ0v) is 12.4. The number of anilines is 1. The van der Waals surface area contributed by atoms with Crippen molar-refractivity contribution in [3.8, 4) is 0 Å². The van der Waals surface area contributed by atoms with Crippen molar-refractivity contribution in [2.45, 2.75) is 25.8 Å². The van der Waals surface area contributed by atoms with Gasteiger partial charge in [-0.15, -0.1) is 0 Å². The van der Waals surface area contributed by atoms with Crippen molar-refractivity contribution >= 4 is 11.7 Å². The maximum absolute atomic E-state index is 13.7. The average molecular weight is 316 g/mol. The summed E-state index contributed by atoms with van der Waals surface area (Å²) in [5.41, 5.74) is 1.64. The van der Waals surface area contributed by atoms with Gasteiger partial charge in [0.1, 0.15) is 24.0 Å². The lowest BCUT2D eigenvalue weighted by Gasteiger charge is -2.34. The van der Waals surface area contributed by atoms with E-state index in [-0.39, 0.29) is 11.7 Å². The smallest absolute Gasteiger partial charge is 0.226 e. The van der Waals surface area contributed by atoms with E-state index >= 15 is 0 Å². The lowest BCUT2D eigenvalue weighted by molar-refractivity contribution is -0.117. The van der Waals surface area contributed by atoms with Crippen LogP contribution in [0.1, 0.15) is 31.4 Å². The average Bonchev–Trinajstić information content (AvgIpc) is 2.91. The van der Waals surface area contributed by atoms with Crippen LogP contribution >= 0.6 is 0 Å². The van der Waals surface area contributed by atoms with Gasteiger partial charge in [-0.05, 0) is 30.0 Å². The molecular weight excluding hydrogens is 302 g/mol. The number of ketones is 1. The molecule has 5 nitrogen and oxygen atoms in total. The van der Waals surface area contributed by atoms with Crippen molar-refractivity contribution < 1.29 is 13.6 Å². The molecule has 2 aliphatic rings. The van der Waals surface area contributed by atoms with Gasteiger partial charge >= 0.3 is 0 Å². The summed E-state index contributed by atoms with van der Waals surface area (Å²) in [5, 5.41) is 7.26. The van der Waals surface area contributed by atoms with Crippen LogP contribution in [0.15, 0.2) is 35.8 Å². The molecule has 2 atom stereocenters. The SMILES string of the molecule is C[C@H]1CC(=O)C2=C(C1)Nc1ncnn1[C@@H]2c1cc(F)cc(F)c1. The van der Waals surface area contributed by atoms with E-state index in [4.69, 9.17) is 0 Å². The van der Waals surface area contributed by atoms with Crippen molar-refractivity contribution in [2.75, 3.05) is 5.32 Å². The second-order valence-corrected chi connectivity index (χ2v) is 6.09. The van der Waals surface area contributed by atoms with E-state index in [9.17, 15) is 13.6 Å². The van der Waals surface area contributed by atoms with Gasteiger partial charge in [0.15, 0.2) is 5.78 Å². The maximum Gasteiger partial charge on any atom is 0.226 e. The largest absolute Gasteiger partial charge is 0.328 e. The first-order valence-corrected chi connectivity index (χ1v) is 7.41. The number of carbonyl (C=O) groups excluding carboxylic acids is 1. The van der Waals surface area contributed by atoms with Crippen molar-refractivity contribution in [1.82, 2.24) is 14.8 Å². The molecule has 4 rings (SSSR count). The summed E-state index contributed by atoms with van der Waals surface area (Å²) in [7, 11) is 0. The fraction of sp³-hybridized carbons (Fsp3) is 0.312. The van der Waals surface area contributed by atoms with Gasteiger partial charge in [0.05, 0.1) is 0 Å². The van der Waals surface area contributed by atoms with Gasteiger partial charge in [-0.1, -0.05) is 6.92 Å². The monoisotopic (exact) mass is 316 g/mol. The number of halogens is 2. The zero-order valence-electron chi connectivity index (χ0n) is 12.4. The standard InChI is InChI=1S/C16H14F2N4O/c1-8-2-12-14(13(23)3-8)15(22-16(21-12)19-7-20-22)9-4-10(17)6-11(18)5-9/h4-8,15H,2-3H2,1H3,(H,19,20,21)/t8-,15-/m1/s1. The molecule has 0 fully saturated rings. The zero-order chi connectivity index (χ0) is 16.1. The van der Waals surface area contributed by atoms with Crippen LogP contribution in [0.2, 0.25) is 0 Å². The Balaban J connectivity index is 1.93. The number of carbonyl (C=O) groups is 1. The molecule has 7 heteroatoms. The van der Waals surface area contributed by atoms with E-state index in [1.165, 1.54) is 23.1 Å². The first-order chi connectivity index (χ1) is 11.0. The van der Waals surface area contributed by atoms with Crippen molar-refractivity contribution in [3.05, 3.63) is 53.0 Å². The van der Waals surface area contributed by atoms with Gasteiger partial charge < -0.3 is 5.32 Å². The number of hydrogen-bond acceptors (Lipinski definition) is 4. The Hall–Kier alpha value is -2.57. The third-order valence-corrected chi connectivity index (χ3v) is 4.27. The molecule has 0 saturated heterocycles. The Morgan fingerprint density at radius 3 is 2.70 bits per heavy atom. The molecule has 0 unspecified atom stereocenters. The molecule has 23 heavy (non-hydrogen) atoms. The van der Waals surface area contributed by atoms with Gasteiger partial charge in [0.2, 0.25) is 5.95 Å². The third kappa shape index (κ3) is 2.23. The highest BCUT2D eigenvalue weighted by molar-refractivity contribution is 5.99. The van der Waals surface area contributed by atoms with Crippen molar-refractivity contribution in [1.29, 1.82) is 0 Å². The molecule has 1 aliphatic carbocycles. The highest BCUT2D eigenvalue weighted by Gasteiger charge is 2.38. The molecule has 0 radical (unpaired) electrons. The molecule has 0 amide bonds. The quantitative estimate of drug-likeness (QED) is 0.879. The lowest BCUT2D eigenvalue weighted by atomic mass is 9.81. The molecule has 0 bridgehead atoms. The predicted octanol–water partition coefficient (Wildman–Crippen LogP) is 2.82. The Morgan fingerprint density at radius 2 is 1.96 bits per heavy atom. The second kappa shape index (κ2) is 4.97. The van der Waals surface area contributed by atoms with Crippen LogP contribution in [0.25, 0.3) is 0 Å². The highest BCUT2D eigenvalue weighted by atomic mass is 19.1. The van der Waals surface area contributed by atoms with E-state index < -0.39 is 17.7 Å². The third-order valence-electron chi connectivity index (χ3n) is 4.27. The first kappa shape index (κ1) is 14.0. The van der Waals surface area contributed by atoms with Gasteiger partial charge in [-0.3, -0.25) is 4.79 Å². The molecule has 118 valence electrons. The molecule has 1 aromatic carbocycles. The van der Waals surface area contributed by atoms with Crippen molar-refractivity contribution in [2.24, 2.45) is 5.92 Å². The molecule has 1 N–H and O–H groups in total. The fourth-order valence-electron chi connectivity index (χ4n) is 3.39. The molecule has 1 aromatic heterocycles. The van der Waals surface area contributed by atoms with E-state index in [1.54, 1.807) is 0 Å². The molecule has 2 heterocycles. The summed E-state index contributed by atoms with van der Waals surface area (Å²) in [5.74, 6) is -0.701. The number of Topliss-reactive ketones (excluding diaryl/α,β-unsaturated/α-hetero) is 1. The van der Waals surface area contributed by atoms with Crippen molar-refractivity contribution in [3.63, 3.8) is 0 Å². The Labute approximate surface area is 131 Å². The van der Waals surface area contributed by atoms with Gasteiger partial charge in [0, 0.05) is 23.8 Å². The summed E-state index contributed by atoms with van der Waals surface area (Å²) >= 11 is 0. The van der Waals surface area contributed by atoms with E-state index in [0.717, 1.165) is 11.8 Å². The Kier molecular flexibility index (Phi) is 3.04. The lowest BCUT2D eigenvalue weighted by Crippen LogP contribution is -2.33. The number of nitrogens with one attached hydrogen (secondary N) is 1. The topological polar surface area (TPSA) is 59.8 Å². The molecular formula is C16H14F2N4O. The number of benzene rings is 1. The summed E-state index contributed by atoms with van der Waals surface area (Å²) in [6.45, 7) is 2.00. The van der Waals surface area contributed by atoms with E-state index in [0.29, 0.717) is 29.9 Å². The minimum absolute atomic E-state index is 0.0259. The molecule has 1 aliphatic heterocycles. The Morgan fingerprint density at radius 1 is 1.22 bits per heavy atom. The first-order valence-electron chi connectivity index (χ1n) is 7.41. The number of hydrogen-bond donors (Lipinski definition) is 1. The van der Waals surface area contributed by atoms with Crippen LogP contribution in [0.5, 0.6) is 0 Å². The number of allylic oxidation sites excluding steroid dienone is 2. The van der Waals surface area contributed by atoms with Crippen LogP contribution < -0.4 is 5.32 Å². The summed E-state index contributed by atoms with van der Waals surface area (Å²) in [4.78, 5) is 16.7. The number of fused-ring (bicyclic) bond motifs is 1. The minimum Gasteiger partial charge on any atom is -0.328 e. The number of nitrogens with zero attached hydrogens (tertiary/aromatic N) is 3. The van der Waals surface area contributed by atoms with Crippen LogP contribution in [-0.4, -0.2) is 20.5 Å². The van der Waals surface area contributed by atoms with Gasteiger partial charge in [0.25, 0.3) is 0 Å². The molecule has 0 saturated carbocycles. The summed E-state index contributed by atoms with van der Waals surface area (Å²) in [6.07, 6.45) is 2.47. The normalized spacial score (nSPS) is 23.3. The van der Waals surface area contributed by atoms with Crippen LogP contribution in [-0.2, 0) is 4.79 Å². The predicted molar refractivity (Wildman–Crippen MR) is 78.6 cm³/mol. The van der Waals surface area contributed by atoms with Crippen LogP contribution in [0, 0.1) is 17.6 Å². The van der Waals surface area contributed by atoms with Gasteiger partial charge in [-0.25, -0.2) is 13.5 Å². The van der Waals surface area contributed by atoms with E-state index in [1.807, 2.05) is 6.92 Å². The molecule has 2 aromatic rings. The molecule has 0 spiro atoms. The van der Waals surface area contributed by atoms with Crippen LogP contribution in [0.3, 0.4) is 0 Å². The van der Waals surface area contributed by atoms with Gasteiger partial charge in [-0.2, -0.15) is 10.1 Å². The summed E-state index contributed by atoms with van der Waals surface area (Å²) in [6, 6.07) is 2.63. The second-order valence-electron chi connectivity index (χ2n) is 6.09. The highest BCUT2D eigenvalue weighted by Crippen LogP contribution is 2.41. The number of rotatable bonds is 1. The van der Waals surface area contributed by atoms with E-state index in [2.05, 4.69) is 15.4 Å². The Bertz CT molecular complexity index is 822. The number of aromatic nitrogens is 3. The minimum atomic E-state index is -0.682. The maximum atomic E-state index is 13.7. The summed E-state index contributed by atoms with van der Waals surface area (Å²) < 4.78 is 28.8.